The minimum Gasteiger partial charge on any atom is -0.490 e. The van der Waals surface area contributed by atoms with Crippen LogP contribution in [-0.4, -0.2) is 60.4 Å². The number of carbonyl (C=O) groups is 1. The van der Waals surface area contributed by atoms with E-state index in [-0.39, 0.29) is 5.91 Å². The standard InChI is InChI=1S/C26H31BrN4O3/c1-3-33-23-11-6-19(16-24(23)34-4-2)17-26(32)31-13-5-12-30(14-15-31)25-18-22(28-29-25)20-7-9-21(27)10-8-20/h6-11,16,18H,3-5,12-15,17H2,1-2H3,(H,28,29). The third-order valence-electron chi connectivity index (χ3n) is 5.86. The summed E-state index contributed by atoms with van der Waals surface area (Å²) in [7, 11) is 0. The normalized spacial score (nSPS) is 14.1. The van der Waals surface area contributed by atoms with Crippen LogP contribution in [0.4, 0.5) is 5.82 Å². The molecule has 1 aliphatic rings. The number of carbonyl (C=O) groups excluding carboxylic acids is 1. The van der Waals surface area contributed by atoms with Gasteiger partial charge in [0.2, 0.25) is 5.91 Å². The van der Waals surface area contributed by atoms with Crippen LogP contribution in [0, 0.1) is 0 Å². The van der Waals surface area contributed by atoms with Gasteiger partial charge in [-0.15, -0.1) is 0 Å². The molecule has 180 valence electrons. The Morgan fingerprint density at radius 2 is 1.74 bits per heavy atom. The van der Waals surface area contributed by atoms with Crippen molar-refractivity contribution in [2.75, 3.05) is 44.3 Å². The summed E-state index contributed by atoms with van der Waals surface area (Å²) in [6.45, 7) is 8.05. The smallest absolute Gasteiger partial charge is 0.227 e. The van der Waals surface area contributed by atoms with Crippen molar-refractivity contribution in [2.24, 2.45) is 0 Å². The number of benzene rings is 2. The molecule has 0 spiro atoms. The molecule has 2 heterocycles. The number of rotatable bonds is 8. The van der Waals surface area contributed by atoms with Gasteiger partial charge in [0.05, 0.1) is 25.3 Å². The zero-order valence-electron chi connectivity index (χ0n) is 19.7. The number of ether oxygens (including phenoxy) is 2. The van der Waals surface area contributed by atoms with Crippen molar-refractivity contribution < 1.29 is 14.3 Å². The molecule has 0 atom stereocenters. The second-order valence-corrected chi connectivity index (χ2v) is 9.11. The predicted octanol–water partition coefficient (Wildman–Crippen LogP) is 4.92. The van der Waals surface area contributed by atoms with Gasteiger partial charge < -0.3 is 19.3 Å². The first-order valence-electron chi connectivity index (χ1n) is 11.8. The lowest BCUT2D eigenvalue weighted by atomic mass is 10.1. The van der Waals surface area contributed by atoms with Gasteiger partial charge in [0.15, 0.2) is 17.3 Å². The molecule has 1 N–H and O–H groups in total. The van der Waals surface area contributed by atoms with Crippen LogP contribution in [-0.2, 0) is 11.2 Å². The summed E-state index contributed by atoms with van der Waals surface area (Å²) in [4.78, 5) is 17.3. The van der Waals surface area contributed by atoms with Gasteiger partial charge in [-0.3, -0.25) is 9.89 Å². The molecule has 34 heavy (non-hydrogen) atoms. The summed E-state index contributed by atoms with van der Waals surface area (Å²) in [5, 5.41) is 7.67. The van der Waals surface area contributed by atoms with Crippen molar-refractivity contribution in [3.63, 3.8) is 0 Å². The van der Waals surface area contributed by atoms with Gasteiger partial charge in [-0.2, -0.15) is 5.10 Å². The van der Waals surface area contributed by atoms with Crippen LogP contribution in [0.5, 0.6) is 11.5 Å². The topological polar surface area (TPSA) is 70.7 Å². The van der Waals surface area contributed by atoms with Crippen molar-refractivity contribution in [1.29, 1.82) is 0 Å². The van der Waals surface area contributed by atoms with Crippen molar-refractivity contribution in [2.45, 2.75) is 26.7 Å². The fourth-order valence-corrected chi connectivity index (χ4v) is 4.40. The van der Waals surface area contributed by atoms with Crippen LogP contribution in [0.2, 0.25) is 0 Å². The molecule has 2 aromatic carbocycles. The van der Waals surface area contributed by atoms with Crippen molar-refractivity contribution in [1.82, 2.24) is 15.1 Å². The van der Waals surface area contributed by atoms with E-state index in [9.17, 15) is 4.79 Å². The number of amides is 1. The summed E-state index contributed by atoms with van der Waals surface area (Å²) in [6.07, 6.45) is 1.25. The Kier molecular flexibility index (Phi) is 8.11. The zero-order valence-corrected chi connectivity index (χ0v) is 21.3. The van der Waals surface area contributed by atoms with Gasteiger partial charge in [0.1, 0.15) is 0 Å². The van der Waals surface area contributed by atoms with E-state index in [1.54, 1.807) is 0 Å². The van der Waals surface area contributed by atoms with Gasteiger partial charge in [-0.1, -0.05) is 34.1 Å². The van der Waals surface area contributed by atoms with E-state index in [0.717, 1.165) is 53.2 Å². The summed E-state index contributed by atoms with van der Waals surface area (Å²) in [5.74, 6) is 2.45. The molecule has 4 rings (SSSR count). The largest absolute Gasteiger partial charge is 0.490 e. The average Bonchev–Trinajstić information content (AvgIpc) is 3.19. The Balaban J connectivity index is 1.37. The van der Waals surface area contributed by atoms with E-state index in [2.05, 4.69) is 49.2 Å². The summed E-state index contributed by atoms with van der Waals surface area (Å²) < 4.78 is 12.4. The van der Waals surface area contributed by atoms with Crippen LogP contribution in [0.3, 0.4) is 0 Å². The van der Waals surface area contributed by atoms with Gasteiger partial charge in [0, 0.05) is 36.7 Å². The fraction of sp³-hybridized carbons (Fsp3) is 0.385. The second kappa shape index (κ2) is 11.4. The Labute approximate surface area is 209 Å². The van der Waals surface area contributed by atoms with E-state index in [1.807, 2.05) is 49.1 Å². The number of anilines is 1. The number of halogens is 1. The molecular weight excluding hydrogens is 496 g/mol. The zero-order chi connectivity index (χ0) is 23.9. The fourth-order valence-electron chi connectivity index (χ4n) is 4.14. The maximum atomic E-state index is 13.1. The Hall–Kier alpha value is -3.00. The average molecular weight is 527 g/mol. The lowest BCUT2D eigenvalue weighted by Gasteiger charge is -2.22. The first-order valence-corrected chi connectivity index (χ1v) is 12.6. The molecule has 0 saturated carbocycles. The van der Waals surface area contributed by atoms with Crippen molar-refractivity contribution in [3.05, 3.63) is 58.6 Å². The maximum Gasteiger partial charge on any atom is 0.227 e. The minimum atomic E-state index is 0.131. The Bertz CT molecular complexity index is 1100. The third kappa shape index (κ3) is 5.91. The molecule has 8 heteroatoms. The molecule has 1 amide bonds. The highest BCUT2D eigenvalue weighted by Crippen LogP contribution is 2.29. The highest BCUT2D eigenvalue weighted by atomic mass is 79.9. The molecule has 0 radical (unpaired) electrons. The lowest BCUT2D eigenvalue weighted by molar-refractivity contribution is -0.130. The molecule has 7 nitrogen and oxygen atoms in total. The van der Waals surface area contributed by atoms with Crippen LogP contribution >= 0.6 is 15.9 Å². The Morgan fingerprint density at radius 3 is 2.50 bits per heavy atom. The SMILES string of the molecule is CCOc1ccc(CC(=O)N2CCCN(c3cc(-c4ccc(Br)cc4)[nH]n3)CC2)cc1OCC. The summed E-state index contributed by atoms with van der Waals surface area (Å²) in [5.41, 5.74) is 3.01. The number of H-pyrrole nitrogens is 1. The number of aromatic nitrogens is 2. The van der Waals surface area contributed by atoms with Crippen molar-refractivity contribution in [3.8, 4) is 22.8 Å². The molecule has 1 saturated heterocycles. The van der Waals surface area contributed by atoms with Crippen LogP contribution in [0.25, 0.3) is 11.3 Å². The molecule has 1 aromatic heterocycles. The van der Waals surface area contributed by atoms with Gasteiger partial charge >= 0.3 is 0 Å². The van der Waals surface area contributed by atoms with Gasteiger partial charge in [-0.25, -0.2) is 0 Å². The maximum absolute atomic E-state index is 13.1. The number of nitrogens with one attached hydrogen (secondary N) is 1. The minimum absolute atomic E-state index is 0.131. The van der Waals surface area contributed by atoms with Crippen LogP contribution in [0.1, 0.15) is 25.8 Å². The summed E-state index contributed by atoms with van der Waals surface area (Å²) >= 11 is 3.47. The van der Waals surface area contributed by atoms with Gasteiger partial charge in [-0.05, 0) is 55.7 Å². The van der Waals surface area contributed by atoms with Crippen LogP contribution < -0.4 is 14.4 Å². The predicted molar refractivity (Wildman–Crippen MR) is 138 cm³/mol. The lowest BCUT2D eigenvalue weighted by Crippen LogP contribution is -2.36. The second-order valence-electron chi connectivity index (χ2n) is 8.19. The van der Waals surface area contributed by atoms with E-state index < -0.39 is 0 Å². The molecule has 1 aliphatic heterocycles. The molecule has 0 unspecified atom stereocenters. The summed E-state index contributed by atoms with van der Waals surface area (Å²) in [6, 6.07) is 16.0. The van der Waals surface area contributed by atoms with E-state index in [1.165, 1.54) is 0 Å². The molecule has 3 aromatic rings. The molecule has 0 bridgehead atoms. The van der Waals surface area contributed by atoms with E-state index in [0.29, 0.717) is 37.7 Å². The van der Waals surface area contributed by atoms with Crippen molar-refractivity contribution >= 4 is 27.7 Å². The van der Waals surface area contributed by atoms with E-state index >= 15 is 0 Å². The number of hydrogen-bond acceptors (Lipinski definition) is 5. The first kappa shape index (κ1) is 24.1. The highest BCUT2D eigenvalue weighted by Gasteiger charge is 2.21. The third-order valence-corrected chi connectivity index (χ3v) is 6.38. The highest BCUT2D eigenvalue weighted by molar-refractivity contribution is 9.10. The molecule has 0 aliphatic carbocycles. The number of aromatic amines is 1. The first-order chi connectivity index (χ1) is 16.6. The Morgan fingerprint density at radius 1 is 0.971 bits per heavy atom. The number of nitrogens with zero attached hydrogens (tertiary/aromatic N) is 3. The molecular formula is C26H31BrN4O3. The quantitative estimate of drug-likeness (QED) is 0.451. The molecule has 1 fully saturated rings. The van der Waals surface area contributed by atoms with E-state index in [4.69, 9.17) is 9.47 Å². The monoisotopic (exact) mass is 526 g/mol. The number of hydrogen-bond donors (Lipinski definition) is 1. The van der Waals surface area contributed by atoms with Crippen LogP contribution in [0.15, 0.2) is 53.0 Å². The van der Waals surface area contributed by atoms with Gasteiger partial charge in [0.25, 0.3) is 0 Å².